The zero-order valence-electron chi connectivity index (χ0n) is 12.7. The van der Waals surface area contributed by atoms with Gasteiger partial charge in [0.2, 0.25) is 11.7 Å². The van der Waals surface area contributed by atoms with Crippen molar-refractivity contribution in [3.63, 3.8) is 0 Å². The molecular formula is C16H21N3O3. The minimum Gasteiger partial charge on any atom is -0.490 e. The van der Waals surface area contributed by atoms with E-state index in [1.165, 1.54) is 19.7 Å². The molecule has 2 saturated carbocycles. The van der Waals surface area contributed by atoms with Gasteiger partial charge in [-0.3, -0.25) is 9.59 Å². The van der Waals surface area contributed by atoms with Gasteiger partial charge >= 0.3 is 0 Å². The van der Waals surface area contributed by atoms with Gasteiger partial charge in [-0.05, 0) is 43.9 Å². The predicted octanol–water partition coefficient (Wildman–Crippen LogP) is 1.49. The molecule has 3 aliphatic rings. The lowest BCUT2D eigenvalue weighted by Crippen LogP contribution is -2.36. The van der Waals surface area contributed by atoms with Crippen LogP contribution in [-0.2, 0) is 4.79 Å². The molecule has 6 nitrogen and oxygen atoms in total. The normalized spacial score (nSPS) is 32.9. The van der Waals surface area contributed by atoms with Crippen LogP contribution in [-0.4, -0.2) is 34.4 Å². The van der Waals surface area contributed by atoms with E-state index in [9.17, 15) is 9.59 Å². The molecule has 6 heteroatoms. The molecule has 0 bridgehead atoms. The molecule has 4 rings (SSSR count). The number of aromatic amines is 1. The summed E-state index contributed by atoms with van der Waals surface area (Å²) in [6.07, 6.45) is 6.70. The number of carbonyl (C=O) groups excluding carboxylic acids is 1. The number of nitrogens with one attached hydrogen (secondary N) is 1. The molecule has 118 valence electrons. The molecule has 2 heterocycles. The highest BCUT2D eigenvalue weighted by atomic mass is 16.5. The van der Waals surface area contributed by atoms with E-state index in [0.29, 0.717) is 5.82 Å². The third-order valence-corrected chi connectivity index (χ3v) is 5.45. The molecule has 1 aliphatic heterocycles. The Morgan fingerprint density at radius 2 is 2.14 bits per heavy atom. The largest absolute Gasteiger partial charge is 0.490 e. The number of nitrogens with zero attached hydrogens (tertiary/aromatic N) is 2. The Hall–Kier alpha value is -1.85. The van der Waals surface area contributed by atoms with Crippen LogP contribution < -0.4 is 10.3 Å². The number of rotatable bonds is 3. The first-order valence-corrected chi connectivity index (χ1v) is 8.11. The van der Waals surface area contributed by atoms with Crippen LogP contribution in [0.25, 0.3) is 0 Å². The summed E-state index contributed by atoms with van der Waals surface area (Å²) in [4.78, 5) is 33.7. The molecule has 0 radical (unpaired) electrons. The van der Waals surface area contributed by atoms with Crippen molar-refractivity contribution in [3.8, 4) is 5.75 Å². The number of carbonyl (C=O) groups is 1. The average molecular weight is 303 g/mol. The standard InChI is InChI=1S/C16H21N3O3/c1-22-13-8-17-14(18-15(13)20)12-3-2-4-19(12)16(21)11-6-9-5-10(9)7-11/h8-12H,2-7H2,1H3,(H,17,18,20)/t9-,10+,11?,12?. The van der Waals surface area contributed by atoms with Gasteiger partial charge in [-0.15, -0.1) is 0 Å². The highest BCUT2D eigenvalue weighted by molar-refractivity contribution is 5.80. The van der Waals surface area contributed by atoms with Gasteiger partial charge in [0, 0.05) is 12.5 Å². The first-order valence-electron chi connectivity index (χ1n) is 8.11. The fraction of sp³-hybridized carbons (Fsp3) is 0.688. The van der Waals surface area contributed by atoms with E-state index in [4.69, 9.17) is 4.74 Å². The molecule has 1 N–H and O–H groups in total. The minimum absolute atomic E-state index is 0.0944. The van der Waals surface area contributed by atoms with Gasteiger partial charge in [0.1, 0.15) is 5.82 Å². The molecule has 0 aromatic carbocycles. The number of methoxy groups -OCH3 is 1. The van der Waals surface area contributed by atoms with E-state index in [1.54, 1.807) is 0 Å². The van der Waals surface area contributed by atoms with E-state index in [2.05, 4.69) is 9.97 Å². The van der Waals surface area contributed by atoms with Crippen molar-refractivity contribution in [2.75, 3.05) is 13.7 Å². The third kappa shape index (κ3) is 2.21. The fourth-order valence-corrected chi connectivity index (χ4v) is 4.18. The summed E-state index contributed by atoms with van der Waals surface area (Å²) in [5.41, 5.74) is -0.283. The van der Waals surface area contributed by atoms with Crippen molar-refractivity contribution in [2.45, 2.75) is 38.1 Å². The zero-order chi connectivity index (χ0) is 15.3. The SMILES string of the molecule is COc1cnc(C2CCCN2C(=O)C2C[C@@H]3C[C@@H]3C2)[nH]c1=O. The number of hydrogen-bond donors (Lipinski definition) is 1. The first-order chi connectivity index (χ1) is 10.7. The van der Waals surface area contributed by atoms with Crippen molar-refractivity contribution >= 4 is 5.91 Å². The number of hydrogen-bond acceptors (Lipinski definition) is 4. The number of fused-ring (bicyclic) bond motifs is 1. The van der Waals surface area contributed by atoms with Crippen LogP contribution in [0.1, 0.15) is 44.0 Å². The zero-order valence-corrected chi connectivity index (χ0v) is 12.7. The van der Waals surface area contributed by atoms with Crippen molar-refractivity contribution in [3.05, 3.63) is 22.4 Å². The second kappa shape index (κ2) is 5.11. The van der Waals surface area contributed by atoms with Crippen molar-refractivity contribution in [1.29, 1.82) is 0 Å². The van der Waals surface area contributed by atoms with Gasteiger partial charge in [-0.2, -0.15) is 0 Å². The van der Waals surface area contributed by atoms with Crippen molar-refractivity contribution in [2.24, 2.45) is 17.8 Å². The Morgan fingerprint density at radius 3 is 2.82 bits per heavy atom. The monoisotopic (exact) mass is 303 g/mol. The topological polar surface area (TPSA) is 75.3 Å². The Morgan fingerprint density at radius 1 is 1.36 bits per heavy atom. The van der Waals surface area contributed by atoms with Gasteiger partial charge in [0.25, 0.3) is 5.56 Å². The van der Waals surface area contributed by atoms with E-state index in [-0.39, 0.29) is 29.2 Å². The van der Waals surface area contributed by atoms with Gasteiger partial charge in [0.05, 0.1) is 19.3 Å². The quantitative estimate of drug-likeness (QED) is 0.918. The van der Waals surface area contributed by atoms with Crippen LogP contribution in [0.2, 0.25) is 0 Å². The van der Waals surface area contributed by atoms with E-state index < -0.39 is 0 Å². The van der Waals surface area contributed by atoms with Crippen LogP contribution in [0.4, 0.5) is 0 Å². The number of ether oxygens (including phenoxy) is 1. The summed E-state index contributed by atoms with van der Waals surface area (Å²) in [6, 6.07) is -0.0944. The van der Waals surface area contributed by atoms with Gasteiger partial charge in [-0.25, -0.2) is 4.98 Å². The van der Waals surface area contributed by atoms with Crippen LogP contribution in [0, 0.1) is 17.8 Å². The fourth-order valence-electron chi connectivity index (χ4n) is 4.18. The Balaban J connectivity index is 1.54. The summed E-state index contributed by atoms with van der Waals surface area (Å²) >= 11 is 0. The second-order valence-electron chi connectivity index (χ2n) is 6.78. The van der Waals surface area contributed by atoms with Gasteiger partial charge in [0.15, 0.2) is 0 Å². The van der Waals surface area contributed by atoms with E-state index >= 15 is 0 Å². The molecule has 4 atom stereocenters. The number of H-pyrrole nitrogens is 1. The third-order valence-electron chi connectivity index (χ3n) is 5.45. The molecule has 1 saturated heterocycles. The minimum atomic E-state index is -0.283. The summed E-state index contributed by atoms with van der Waals surface area (Å²) < 4.78 is 4.95. The maximum absolute atomic E-state index is 12.8. The van der Waals surface area contributed by atoms with Crippen LogP contribution in [0.15, 0.2) is 11.0 Å². The molecule has 1 aromatic heterocycles. The van der Waals surface area contributed by atoms with Gasteiger partial charge in [-0.1, -0.05) is 0 Å². The smallest absolute Gasteiger partial charge is 0.293 e. The van der Waals surface area contributed by atoms with Crippen molar-refractivity contribution in [1.82, 2.24) is 14.9 Å². The molecule has 2 unspecified atom stereocenters. The van der Waals surface area contributed by atoms with E-state index in [0.717, 1.165) is 44.1 Å². The molecule has 3 fully saturated rings. The van der Waals surface area contributed by atoms with Crippen LogP contribution >= 0.6 is 0 Å². The summed E-state index contributed by atoms with van der Waals surface area (Å²) in [7, 11) is 1.45. The summed E-state index contributed by atoms with van der Waals surface area (Å²) in [5, 5.41) is 0. The van der Waals surface area contributed by atoms with E-state index in [1.807, 2.05) is 4.90 Å². The number of aromatic nitrogens is 2. The summed E-state index contributed by atoms with van der Waals surface area (Å²) in [6.45, 7) is 0.769. The van der Waals surface area contributed by atoms with Crippen LogP contribution in [0.5, 0.6) is 5.75 Å². The lowest BCUT2D eigenvalue weighted by atomic mass is 10.0. The number of amides is 1. The highest BCUT2D eigenvalue weighted by Crippen LogP contribution is 2.55. The molecule has 22 heavy (non-hydrogen) atoms. The molecule has 1 amide bonds. The lowest BCUT2D eigenvalue weighted by molar-refractivity contribution is -0.136. The Labute approximate surface area is 128 Å². The Bertz CT molecular complexity index is 646. The molecule has 2 aliphatic carbocycles. The second-order valence-corrected chi connectivity index (χ2v) is 6.78. The van der Waals surface area contributed by atoms with Gasteiger partial charge < -0.3 is 14.6 Å². The average Bonchev–Trinajstić information content (AvgIpc) is 2.94. The highest BCUT2D eigenvalue weighted by Gasteiger charge is 2.49. The lowest BCUT2D eigenvalue weighted by Gasteiger charge is -2.27. The van der Waals surface area contributed by atoms with Crippen LogP contribution in [0.3, 0.4) is 0 Å². The molecular weight excluding hydrogens is 282 g/mol. The molecule has 1 aromatic rings. The summed E-state index contributed by atoms with van der Waals surface area (Å²) in [5.74, 6) is 2.83. The molecule has 0 spiro atoms. The number of likely N-dealkylation sites (tertiary alicyclic amines) is 1. The first kappa shape index (κ1) is 13.8. The maximum atomic E-state index is 12.8. The predicted molar refractivity (Wildman–Crippen MR) is 79.4 cm³/mol. The Kier molecular flexibility index (Phi) is 3.20. The maximum Gasteiger partial charge on any atom is 0.293 e. The van der Waals surface area contributed by atoms with Crippen molar-refractivity contribution < 1.29 is 9.53 Å².